The molecule has 0 aromatic heterocycles. The van der Waals surface area contributed by atoms with E-state index < -0.39 is 36.6 Å². The first-order valence-corrected chi connectivity index (χ1v) is 10.8. The summed E-state index contributed by atoms with van der Waals surface area (Å²) < 4.78 is 30.7. The monoisotopic (exact) mass is 422 g/mol. The highest BCUT2D eigenvalue weighted by Crippen LogP contribution is 2.38. The van der Waals surface area contributed by atoms with Gasteiger partial charge in [0.1, 0.15) is 42.7 Å². The summed E-state index contributed by atoms with van der Waals surface area (Å²) in [5.41, 5.74) is 0. The Kier molecular flexibility index (Phi) is 6.10. The average molecular weight is 422 g/mol. The van der Waals surface area contributed by atoms with E-state index in [0.717, 1.165) is 0 Å². The molecular weight excluding hydrogens is 392 g/mol. The highest BCUT2D eigenvalue weighted by Gasteiger charge is 2.52. The molecular formula is C22H30O8. The SMILES string of the molecule is OC[C@H]1O[C@H]2C=C[C@H]3O[C@@H]4C(CC3O[C@@H]2C/C=C\[C@@H]1O)O[C@H]1CC=CCO[C@@H]1[C@H]4O. The molecule has 5 rings (SSSR count). The molecule has 8 heteroatoms. The van der Waals surface area contributed by atoms with Crippen LogP contribution in [-0.2, 0) is 23.7 Å². The van der Waals surface area contributed by atoms with E-state index in [9.17, 15) is 15.3 Å². The number of ether oxygens (including phenoxy) is 5. The predicted octanol–water partition coefficient (Wildman–Crippen LogP) is 0.00780. The van der Waals surface area contributed by atoms with E-state index in [1.807, 2.05) is 30.4 Å². The second kappa shape index (κ2) is 8.80. The van der Waals surface area contributed by atoms with Crippen LogP contribution in [0.15, 0.2) is 36.5 Å². The standard InChI is InChI=1S/C22H30O8/c23-11-19-12(24)4-3-6-13-14(28-19)7-8-15-17(27-13)10-18-22(30-15)20(25)21-16(29-18)5-1-2-9-26-21/h1-4,7-8,12-25H,5-6,9-11H2/b4-3-/t12-,13+,14-,15+,16-,17?,18?,19+,20+,21-,22+/m0/s1. The van der Waals surface area contributed by atoms with E-state index in [1.54, 1.807) is 6.08 Å². The summed E-state index contributed by atoms with van der Waals surface area (Å²) in [4.78, 5) is 0. The highest BCUT2D eigenvalue weighted by molar-refractivity contribution is 5.12. The normalized spacial score (nSPS) is 51.8. The molecule has 11 atom stereocenters. The highest BCUT2D eigenvalue weighted by atomic mass is 16.6. The third kappa shape index (κ3) is 3.91. The fourth-order valence-electron chi connectivity index (χ4n) is 5.04. The van der Waals surface area contributed by atoms with Gasteiger partial charge in [0.15, 0.2) is 0 Å². The first kappa shape index (κ1) is 20.8. The molecule has 0 bridgehead atoms. The topological polar surface area (TPSA) is 107 Å². The van der Waals surface area contributed by atoms with Crippen LogP contribution in [0.4, 0.5) is 0 Å². The van der Waals surface area contributed by atoms with Gasteiger partial charge in [-0.25, -0.2) is 0 Å². The van der Waals surface area contributed by atoms with Crippen molar-refractivity contribution in [3.05, 3.63) is 36.5 Å². The van der Waals surface area contributed by atoms with E-state index in [4.69, 9.17) is 23.7 Å². The van der Waals surface area contributed by atoms with Crippen LogP contribution in [0, 0.1) is 0 Å². The lowest BCUT2D eigenvalue weighted by atomic mass is 9.87. The summed E-state index contributed by atoms with van der Waals surface area (Å²) in [6, 6.07) is 0. The molecule has 0 aromatic rings. The first-order chi connectivity index (χ1) is 14.6. The van der Waals surface area contributed by atoms with E-state index in [1.165, 1.54) is 0 Å². The Bertz CT molecular complexity index is 693. The molecule has 166 valence electrons. The maximum atomic E-state index is 10.9. The van der Waals surface area contributed by atoms with E-state index in [2.05, 4.69) is 0 Å². The molecule has 0 radical (unpaired) electrons. The molecule has 3 N–H and O–H groups in total. The lowest BCUT2D eigenvalue weighted by molar-refractivity contribution is -0.286. The van der Waals surface area contributed by atoms with Crippen LogP contribution in [0.5, 0.6) is 0 Å². The summed E-state index contributed by atoms with van der Waals surface area (Å²) in [7, 11) is 0. The summed E-state index contributed by atoms with van der Waals surface area (Å²) in [5, 5.41) is 30.6. The molecule has 0 amide bonds. The molecule has 8 nitrogen and oxygen atoms in total. The Morgan fingerprint density at radius 3 is 2.33 bits per heavy atom. The van der Waals surface area contributed by atoms with Crippen LogP contribution >= 0.6 is 0 Å². The molecule has 5 heterocycles. The van der Waals surface area contributed by atoms with Crippen molar-refractivity contribution in [3.8, 4) is 0 Å². The molecule has 0 aromatic carbocycles. The lowest BCUT2D eigenvalue weighted by Crippen LogP contribution is -2.63. The largest absolute Gasteiger partial charge is 0.394 e. The van der Waals surface area contributed by atoms with Crippen LogP contribution < -0.4 is 0 Å². The zero-order valence-corrected chi connectivity index (χ0v) is 16.7. The summed E-state index contributed by atoms with van der Waals surface area (Å²) >= 11 is 0. The van der Waals surface area contributed by atoms with Gasteiger partial charge in [0.2, 0.25) is 0 Å². The average Bonchev–Trinajstić information content (AvgIpc) is 3.06. The van der Waals surface area contributed by atoms with E-state index in [-0.39, 0.29) is 37.1 Å². The van der Waals surface area contributed by atoms with Crippen molar-refractivity contribution in [1.82, 2.24) is 0 Å². The van der Waals surface area contributed by atoms with Gasteiger partial charge in [-0.05, 0) is 12.8 Å². The lowest BCUT2D eigenvalue weighted by Gasteiger charge is -2.49. The predicted molar refractivity (Wildman–Crippen MR) is 105 cm³/mol. The minimum Gasteiger partial charge on any atom is -0.394 e. The van der Waals surface area contributed by atoms with Gasteiger partial charge in [-0.3, -0.25) is 0 Å². The maximum Gasteiger partial charge on any atom is 0.113 e. The Hall–Kier alpha value is -1.10. The molecule has 2 unspecified atom stereocenters. The summed E-state index contributed by atoms with van der Waals surface area (Å²) in [5.74, 6) is 0. The Balaban J connectivity index is 1.34. The van der Waals surface area contributed by atoms with Gasteiger partial charge >= 0.3 is 0 Å². The minimum atomic E-state index is -0.862. The van der Waals surface area contributed by atoms with Gasteiger partial charge in [0, 0.05) is 6.42 Å². The summed E-state index contributed by atoms with van der Waals surface area (Å²) in [6.45, 7) is 0.174. The van der Waals surface area contributed by atoms with Gasteiger partial charge in [-0.1, -0.05) is 36.5 Å². The molecule has 2 saturated heterocycles. The van der Waals surface area contributed by atoms with Crippen molar-refractivity contribution < 1.29 is 39.0 Å². The van der Waals surface area contributed by atoms with Crippen LogP contribution in [0.2, 0.25) is 0 Å². The quantitative estimate of drug-likeness (QED) is 0.508. The molecule has 30 heavy (non-hydrogen) atoms. The molecule has 5 aliphatic heterocycles. The van der Waals surface area contributed by atoms with Crippen LogP contribution in [0.1, 0.15) is 19.3 Å². The zero-order chi connectivity index (χ0) is 20.7. The smallest absolute Gasteiger partial charge is 0.113 e. The molecule has 5 aliphatic rings. The maximum absolute atomic E-state index is 10.9. The van der Waals surface area contributed by atoms with Crippen molar-refractivity contribution in [3.63, 3.8) is 0 Å². The molecule has 0 spiro atoms. The van der Waals surface area contributed by atoms with Gasteiger partial charge in [-0.15, -0.1) is 0 Å². The van der Waals surface area contributed by atoms with Crippen molar-refractivity contribution in [2.45, 2.75) is 86.4 Å². The van der Waals surface area contributed by atoms with Crippen LogP contribution in [0.25, 0.3) is 0 Å². The summed E-state index contributed by atoms with van der Waals surface area (Å²) in [6.07, 6.45) is 8.18. The van der Waals surface area contributed by atoms with Crippen molar-refractivity contribution >= 4 is 0 Å². The van der Waals surface area contributed by atoms with Crippen molar-refractivity contribution in [2.24, 2.45) is 0 Å². The Morgan fingerprint density at radius 1 is 0.733 bits per heavy atom. The number of fused-ring (bicyclic) bond motifs is 4. The van der Waals surface area contributed by atoms with E-state index >= 15 is 0 Å². The van der Waals surface area contributed by atoms with Gasteiger partial charge in [0.05, 0.1) is 37.6 Å². The fraction of sp³-hybridized carbons (Fsp3) is 0.727. The number of aliphatic hydroxyl groups is 3. The Labute approximate surface area is 175 Å². The third-order valence-electron chi connectivity index (χ3n) is 6.62. The molecule has 0 saturated carbocycles. The Morgan fingerprint density at radius 2 is 1.50 bits per heavy atom. The van der Waals surface area contributed by atoms with Crippen LogP contribution in [-0.4, -0.2) is 95.7 Å². The van der Waals surface area contributed by atoms with Gasteiger partial charge < -0.3 is 39.0 Å². The van der Waals surface area contributed by atoms with Gasteiger partial charge in [-0.2, -0.15) is 0 Å². The van der Waals surface area contributed by atoms with Crippen molar-refractivity contribution in [1.29, 1.82) is 0 Å². The second-order valence-electron chi connectivity index (χ2n) is 8.58. The molecule has 2 fully saturated rings. The zero-order valence-electron chi connectivity index (χ0n) is 16.7. The van der Waals surface area contributed by atoms with Gasteiger partial charge in [0.25, 0.3) is 0 Å². The number of aliphatic hydroxyl groups excluding tert-OH is 3. The minimum absolute atomic E-state index is 0.200. The fourth-order valence-corrected chi connectivity index (χ4v) is 5.04. The van der Waals surface area contributed by atoms with Crippen LogP contribution in [0.3, 0.4) is 0 Å². The van der Waals surface area contributed by atoms with E-state index in [0.29, 0.717) is 25.9 Å². The number of rotatable bonds is 1. The first-order valence-electron chi connectivity index (χ1n) is 10.8. The number of hydrogen-bond acceptors (Lipinski definition) is 8. The second-order valence-corrected chi connectivity index (χ2v) is 8.58. The third-order valence-corrected chi connectivity index (χ3v) is 6.62. The van der Waals surface area contributed by atoms with Crippen molar-refractivity contribution in [2.75, 3.05) is 13.2 Å². The molecule has 0 aliphatic carbocycles. The number of hydrogen-bond donors (Lipinski definition) is 3.